The predicted octanol–water partition coefficient (Wildman–Crippen LogP) is 2.76. The molecule has 1 rings (SSSR count). The van der Waals surface area contributed by atoms with Gasteiger partial charge >= 0.3 is 0 Å². The van der Waals surface area contributed by atoms with E-state index in [1.54, 1.807) is 0 Å². The predicted molar refractivity (Wildman–Crippen MR) is 116 cm³/mol. The smallest absolute Gasteiger partial charge is 0.136 e. The van der Waals surface area contributed by atoms with Gasteiger partial charge in [-0.1, -0.05) is 50.9 Å². The second-order valence-corrected chi connectivity index (χ2v) is 20.9. The summed E-state index contributed by atoms with van der Waals surface area (Å²) >= 11 is 0. The Hall–Kier alpha value is 0.234. The lowest BCUT2D eigenvalue weighted by molar-refractivity contribution is -0.130. The van der Waals surface area contributed by atoms with Crippen molar-refractivity contribution in [2.24, 2.45) is 0 Å². The molecule has 2 unspecified atom stereocenters. The molecule has 26 heavy (non-hydrogen) atoms. The molecule has 1 aliphatic rings. The minimum atomic E-state index is -1.12. The van der Waals surface area contributed by atoms with Gasteiger partial charge in [0.25, 0.3) is 0 Å². The fourth-order valence-corrected chi connectivity index (χ4v) is 10.6. The van der Waals surface area contributed by atoms with Gasteiger partial charge in [0, 0.05) is 55.5 Å². The van der Waals surface area contributed by atoms with Crippen molar-refractivity contribution >= 4 is 16.1 Å². The molecule has 0 amide bonds. The van der Waals surface area contributed by atoms with Gasteiger partial charge < -0.3 is 14.9 Å². The lowest BCUT2D eigenvalue weighted by Crippen LogP contribution is -2.54. The van der Waals surface area contributed by atoms with Crippen molar-refractivity contribution in [3.05, 3.63) is 0 Å². The van der Waals surface area contributed by atoms with Crippen LogP contribution in [0.4, 0.5) is 0 Å². The molecule has 1 heterocycles. The molecule has 156 valence electrons. The lowest BCUT2D eigenvalue weighted by atomic mass is 10.2. The van der Waals surface area contributed by atoms with Crippen molar-refractivity contribution < 1.29 is 14.9 Å². The topological polar surface area (TPSA) is 56.2 Å². The van der Waals surface area contributed by atoms with Crippen LogP contribution in [0.15, 0.2) is 0 Å². The van der Waals surface area contributed by atoms with Gasteiger partial charge in [0.15, 0.2) is 0 Å². The molecule has 0 saturated carbocycles. The Labute approximate surface area is 163 Å². The summed E-state index contributed by atoms with van der Waals surface area (Å²) in [7, 11) is -2.06. The minimum absolute atomic E-state index is 0.196. The van der Waals surface area contributed by atoms with Crippen molar-refractivity contribution in [2.45, 2.75) is 76.5 Å². The minimum Gasteiger partial charge on any atom is -0.395 e. The van der Waals surface area contributed by atoms with Gasteiger partial charge in [-0.2, -0.15) is 0 Å². The third-order valence-electron chi connectivity index (χ3n) is 5.43. The number of rotatable bonds is 12. The van der Waals surface area contributed by atoms with Crippen molar-refractivity contribution in [2.75, 3.05) is 45.9 Å². The summed E-state index contributed by atoms with van der Waals surface area (Å²) in [5, 5.41) is 19.2. The summed E-state index contributed by atoms with van der Waals surface area (Å²) in [6.45, 7) is 19.6. The molecule has 7 heteroatoms. The summed E-state index contributed by atoms with van der Waals surface area (Å²) in [4.78, 5) is 4.52. The molecule has 2 N–H and O–H groups in total. The van der Waals surface area contributed by atoms with Gasteiger partial charge in [-0.05, 0) is 13.3 Å². The molecule has 0 aromatic carbocycles. The molecule has 0 aliphatic carbocycles. The first-order valence-electron chi connectivity index (χ1n) is 10.4. The maximum absolute atomic E-state index is 10.2. The molecule has 0 spiro atoms. The van der Waals surface area contributed by atoms with E-state index in [-0.39, 0.29) is 12.8 Å². The van der Waals surface area contributed by atoms with Crippen molar-refractivity contribution in [1.82, 2.24) is 9.80 Å². The third kappa shape index (κ3) is 9.96. The second kappa shape index (κ2) is 11.3. The van der Waals surface area contributed by atoms with E-state index < -0.39 is 22.3 Å². The Bertz CT molecular complexity index is 381. The van der Waals surface area contributed by atoms with Crippen molar-refractivity contribution in [3.63, 3.8) is 0 Å². The van der Waals surface area contributed by atoms with Crippen LogP contribution in [0.2, 0.25) is 50.9 Å². The van der Waals surface area contributed by atoms with E-state index >= 15 is 0 Å². The Morgan fingerprint density at radius 3 is 2.08 bits per heavy atom. The quantitative estimate of drug-likeness (QED) is 0.387. The Morgan fingerprint density at radius 1 is 0.962 bits per heavy atom. The lowest BCUT2D eigenvalue weighted by Gasteiger charge is -2.40. The van der Waals surface area contributed by atoms with Crippen LogP contribution in [0.5, 0.6) is 0 Å². The van der Waals surface area contributed by atoms with Crippen LogP contribution in [-0.4, -0.2) is 94.4 Å². The molecule has 0 radical (unpaired) electrons. The largest absolute Gasteiger partial charge is 0.395 e. The number of β-amino-alcohol motifs (C(OH)–C–C–N with tert-alkyl or cyclic N) is 1. The number of ether oxygens (including phenoxy) is 1. The highest BCUT2D eigenvalue weighted by atomic mass is 28.3. The zero-order valence-electron chi connectivity index (χ0n) is 18.1. The van der Waals surface area contributed by atoms with E-state index in [4.69, 9.17) is 9.84 Å². The number of aliphatic hydroxyl groups is 2. The molecule has 2 atom stereocenters. The highest BCUT2D eigenvalue weighted by Crippen LogP contribution is 2.24. The van der Waals surface area contributed by atoms with Crippen molar-refractivity contribution in [1.29, 1.82) is 0 Å². The van der Waals surface area contributed by atoms with Gasteiger partial charge in [0.05, 0.1) is 12.7 Å². The first-order chi connectivity index (χ1) is 12.0. The molecule has 1 fully saturated rings. The zero-order chi connectivity index (χ0) is 19.8. The Balaban J connectivity index is 2.34. The molecule has 1 saturated heterocycles. The van der Waals surface area contributed by atoms with Crippen LogP contribution in [0, 0.1) is 0 Å². The highest BCUT2D eigenvalue weighted by molar-refractivity contribution is 6.82. The van der Waals surface area contributed by atoms with Crippen LogP contribution in [0.25, 0.3) is 0 Å². The van der Waals surface area contributed by atoms with Gasteiger partial charge in [0.1, 0.15) is 6.23 Å². The van der Waals surface area contributed by atoms with Crippen LogP contribution < -0.4 is 0 Å². The number of piperazine rings is 1. The third-order valence-corrected chi connectivity index (χ3v) is 11.0. The molecular formula is C19H44N2O3Si2. The maximum Gasteiger partial charge on any atom is 0.136 e. The standard InChI is InChI=1S/C19H44N2O3Si2/c1-18(23)19(21-10-8-20(9-11-21)12-13-22)24-14-7-15-26(5,6)17-16-25(2,3)4/h18-19,22-23H,7-17H2,1-6H3. The number of aliphatic hydroxyl groups excluding tert-OH is 2. The van der Waals surface area contributed by atoms with E-state index in [9.17, 15) is 5.11 Å². The average Bonchev–Trinajstić information content (AvgIpc) is 2.53. The van der Waals surface area contributed by atoms with E-state index in [2.05, 4.69) is 42.5 Å². The first-order valence-corrected chi connectivity index (χ1v) is 17.5. The monoisotopic (exact) mass is 404 g/mol. The normalized spacial score (nSPS) is 20.3. The molecular weight excluding hydrogens is 360 g/mol. The van der Waals surface area contributed by atoms with Crippen LogP contribution in [-0.2, 0) is 4.74 Å². The fraction of sp³-hybridized carbons (Fsp3) is 1.00. The molecule has 0 aromatic rings. The van der Waals surface area contributed by atoms with Crippen LogP contribution in [0.1, 0.15) is 13.3 Å². The molecule has 0 bridgehead atoms. The molecule has 1 aliphatic heterocycles. The average molecular weight is 405 g/mol. The van der Waals surface area contributed by atoms with Gasteiger partial charge in [-0.25, -0.2) is 0 Å². The number of nitrogens with zero attached hydrogens (tertiary/aromatic N) is 2. The second-order valence-electron chi connectivity index (χ2n) is 9.93. The summed E-state index contributed by atoms with van der Waals surface area (Å²) < 4.78 is 6.12. The molecule has 5 nitrogen and oxygen atoms in total. The first kappa shape index (κ1) is 24.3. The number of hydrogen-bond donors (Lipinski definition) is 2. The van der Waals surface area contributed by atoms with Crippen LogP contribution in [0.3, 0.4) is 0 Å². The molecule has 0 aromatic heterocycles. The zero-order valence-corrected chi connectivity index (χ0v) is 20.1. The highest BCUT2D eigenvalue weighted by Gasteiger charge is 2.28. The Morgan fingerprint density at radius 2 is 1.58 bits per heavy atom. The van der Waals surface area contributed by atoms with Crippen LogP contribution >= 0.6 is 0 Å². The Kier molecular flexibility index (Phi) is 10.5. The van der Waals surface area contributed by atoms with E-state index in [1.165, 1.54) is 18.1 Å². The SMILES string of the molecule is CC(O)C(OCCC[Si](C)(C)CC[Si](C)(C)C)N1CCN(CCO)CC1. The van der Waals surface area contributed by atoms with Gasteiger partial charge in [-0.15, -0.1) is 0 Å². The van der Waals surface area contributed by atoms with E-state index in [1.807, 2.05) is 6.92 Å². The summed E-state index contributed by atoms with van der Waals surface area (Å²) in [6, 6.07) is 4.20. The van der Waals surface area contributed by atoms with Gasteiger partial charge in [0.2, 0.25) is 0 Å². The van der Waals surface area contributed by atoms with Gasteiger partial charge in [-0.3, -0.25) is 9.80 Å². The number of hydrogen-bond acceptors (Lipinski definition) is 5. The van der Waals surface area contributed by atoms with E-state index in [0.29, 0.717) is 0 Å². The van der Waals surface area contributed by atoms with E-state index in [0.717, 1.165) is 45.8 Å². The van der Waals surface area contributed by atoms with Crippen molar-refractivity contribution in [3.8, 4) is 0 Å². The summed E-state index contributed by atoms with van der Waals surface area (Å²) in [6.07, 6.45) is 0.438. The fourth-order valence-electron chi connectivity index (χ4n) is 3.53. The summed E-state index contributed by atoms with van der Waals surface area (Å²) in [5.74, 6) is 0. The maximum atomic E-state index is 10.2. The summed E-state index contributed by atoms with van der Waals surface area (Å²) in [5.41, 5.74) is 0.